The first-order valence-corrected chi connectivity index (χ1v) is 6.81. The number of carbonyl (C=O) groups is 1. The number of nitrogens with zero attached hydrogens (tertiary/aromatic N) is 1. The Morgan fingerprint density at radius 3 is 2.40 bits per heavy atom. The van der Waals surface area contributed by atoms with Crippen LogP contribution in [0.1, 0.15) is 11.1 Å². The number of amides is 1. The molecule has 2 aromatic rings. The van der Waals surface area contributed by atoms with Crippen molar-refractivity contribution in [2.75, 3.05) is 10.8 Å². The first-order chi connectivity index (χ1) is 9.61. The SMILES string of the molecule is Cc1ccccc1CN(C(=O)CCl)c1ccc(F)cc1. The van der Waals surface area contributed by atoms with E-state index in [1.165, 1.54) is 12.1 Å². The monoisotopic (exact) mass is 291 g/mol. The molecular formula is C16H15ClFNO. The van der Waals surface area contributed by atoms with E-state index in [-0.39, 0.29) is 17.6 Å². The molecule has 0 heterocycles. The molecule has 0 unspecified atom stereocenters. The highest BCUT2D eigenvalue weighted by atomic mass is 35.5. The zero-order valence-electron chi connectivity index (χ0n) is 11.1. The summed E-state index contributed by atoms with van der Waals surface area (Å²) in [4.78, 5) is 13.6. The fourth-order valence-corrected chi connectivity index (χ4v) is 2.12. The molecule has 2 rings (SSSR count). The summed E-state index contributed by atoms with van der Waals surface area (Å²) in [6.45, 7) is 2.41. The molecule has 0 saturated heterocycles. The Morgan fingerprint density at radius 1 is 1.15 bits per heavy atom. The number of hydrogen-bond acceptors (Lipinski definition) is 1. The average molecular weight is 292 g/mol. The standard InChI is InChI=1S/C16H15ClFNO/c1-12-4-2-3-5-13(12)11-19(16(20)10-17)15-8-6-14(18)7-9-15/h2-9H,10-11H2,1H3. The van der Waals surface area contributed by atoms with Crippen molar-refractivity contribution in [2.45, 2.75) is 13.5 Å². The van der Waals surface area contributed by atoms with Crippen LogP contribution in [0, 0.1) is 12.7 Å². The fraction of sp³-hybridized carbons (Fsp3) is 0.188. The van der Waals surface area contributed by atoms with Gasteiger partial charge in [-0.1, -0.05) is 24.3 Å². The van der Waals surface area contributed by atoms with Gasteiger partial charge in [0.05, 0.1) is 6.54 Å². The first kappa shape index (κ1) is 14.5. The van der Waals surface area contributed by atoms with E-state index >= 15 is 0 Å². The Kier molecular flexibility index (Phi) is 4.74. The van der Waals surface area contributed by atoms with Crippen LogP contribution < -0.4 is 4.90 Å². The molecule has 0 aliphatic rings. The van der Waals surface area contributed by atoms with Crippen LogP contribution in [0.5, 0.6) is 0 Å². The Labute approximate surface area is 122 Å². The molecule has 0 fully saturated rings. The predicted molar refractivity (Wildman–Crippen MR) is 79.5 cm³/mol. The van der Waals surface area contributed by atoms with Crippen molar-refractivity contribution in [3.05, 3.63) is 65.5 Å². The topological polar surface area (TPSA) is 20.3 Å². The second-order valence-corrected chi connectivity index (χ2v) is 4.78. The number of anilines is 1. The lowest BCUT2D eigenvalue weighted by Gasteiger charge is -2.23. The number of benzene rings is 2. The van der Waals surface area contributed by atoms with E-state index in [0.717, 1.165) is 11.1 Å². The van der Waals surface area contributed by atoms with Crippen LogP contribution in [0.15, 0.2) is 48.5 Å². The Morgan fingerprint density at radius 2 is 1.80 bits per heavy atom. The Bertz CT molecular complexity index is 598. The summed E-state index contributed by atoms with van der Waals surface area (Å²) in [5, 5.41) is 0. The summed E-state index contributed by atoms with van der Waals surface area (Å²) in [6.07, 6.45) is 0. The van der Waals surface area contributed by atoms with Crippen LogP contribution >= 0.6 is 11.6 Å². The minimum atomic E-state index is -0.331. The van der Waals surface area contributed by atoms with E-state index in [4.69, 9.17) is 11.6 Å². The highest BCUT2D eigenvalue weighted by Gasteiger charge is 2.16. The summed E-state index contributed by atoms with van der Waals surface area (Å²) in [5.41, 5.74) is 2.78. The molecule has 104 valence electrons. The third-order valence-electron chi connectivity index (χ3n) is 3.14. The van der Waals surface area contributed by atoms with Crippen LogP contribution in [0.2, 0.25) is 0 Å². The maximum Gasteiger partial charge on any atom is 0.242 e. The molecule has 0 bridgehead atoms. The summed E-state index contributed by atoms with van der Waals surface area (Å²) >= 11 is 5.67. The summed E-state index contributed by atoms with van der Waals surface area (Å²) in [5.74, 6) is -0.645. The van der Waals surface area contributed by atoms with E-state index in [2.05, 4.69) is 0 Å². The van der Waals surface area contributed by atoms with Crippen molar-refractivity contribution in [2.24, 2.45) is 0 Å². The van der Waals surface area contributed by atoms with E-state index in [9.17, 15) is 9.18 Å². The van der Waals surface area contributed by atoms with Crippen LogP contribution in [0.4, 0.5) is 10.1 Å². The second-order valence-electron chi connectivity index (χ2n) is 4.52. The fourth-order valence-electron chi connectivity index (χ4n) is 1.97. The van der Waals surface area contributed by atoms with Gasteiger partial charge in [-0.25, -0.2) is 4.39 Å². The van der Waals surface area contributed by atoms with Crippen molar-refractivity contribution < 1.29 is 9.18 Å². The number of rotatable bonds is 4. The van der Waals surface area contributed by atoms with E-state index in [0.29, 0.717) is 12.2 Å². The molecule has 2 aromatic carbocycles. The van der Waals surface area contributed by atoms with Gasteiger partial charge in [-0.05, 0) is 42.3 Å². The number of alkyl halides is 1. The van der Waals surface area contributed by atoms with Crippen molar-refractivity contribution >= 4 is 23.2 Å². The largest absolute Gasteiger partial charge is 0.307 e. The molecule has 4 heteroatoms. The molecule has 0 saturated carbocycles. The maximum atomic E-state index is 13.0. The first-order valence-electron chi connectivity index (χ1n) is 6.28. The highest BCUT2D eigenvalue weighted by molar-refractivity contribution is 6.29. The minimum absolute atomic E-state index is 0.108. The van der Waals surface area contributed by atoms with Gasteiger partial charge in [-0.2, -0.15) is 0 Å². The van der Waals surface area contributed by atoms with Crippen molar-refractivity contribution in [1.82, 2.24) is 0 Å². The average Bonchev–Trinajstić information content (AvgIpc) is 2.47. The predicted octanol–water partition coefficient (Wildman–Crippen LogP) is 3.91. The second kappa shape index (κ2) is 6.53. The van der Waals surface area contributed by atoms with Crippen LogP contribution in [-0.4, -0.2) is 11.8 Å². The van der Waals surface area contributed by atoms with Crippen LogP contribution in [0.25, 0.3) is 0 Å². The third-order valence-corrected chi connectivity index (χ3v) is 3.37. The van der Waals surface area contributed by atoms with Gasteiger partial charge in [0.1, 0.15) is 11.7 Å². The van der Waals surface area contributed by atoms with Gasteiger partial charge in [0.15, 0.2) is 0 Å². The molecule has 0 atom stereocenters. The zero-order valence-corrected chi connectivity index (χ0v) is 11.9. The van der Waals surface area contributed by atoms with Gasteiger partial charge >= 0.3 is 0 Å². The summed E-state index contributed by atoms with van der Waals surface area (Å²) in [7, 11) is 0. The van der Waals surface area contributed by atoms with E-state index in [1.807, 2.05) is 31.2 Å². The lowest BCUT2D eigenvalue weighted by Crippen LogP contribution is -2.31. The summed E-state index contributed by atoms with van der Waals surface area (Å²) in [6, 6.07) is 13.7. The van der Waals surface area contributed by atoms with Gasteiger partial charge in [0.2, 0.25) is 5.91 Å². The number of hydrogen-bond donors (Lipinski definition) is 0. The lowest BCUT2D eigenvalue weighted by atomic mass is 10.1. The minimum Gasteiger partial charge on any atom is -0.307 e. The maximum absolute atomic E-state index is 13.0. The molecule has 0 N–H and O–H groups in total. The normalized spacial score (nSPS) is 10.3. The van der Waals surface area contributed by atoms with E-state index < -0.39 is 0 Å². The van der Waals surface area contributed by atoms with Crippen molar-refractivity contribution in [3.8, 4) is 0 Å². The molecule has 0 aliphatic heterocycles. The molecule has 2 nitrogen and oxygen atoms in total. The molecular weight excluding hydrogens is 277 g/mol. The molecule has 1 amide bonds. The Balaban J connectivity index is 2.31. The molecule has 0 aliphatic carbocycles. The van der Waals surface area contributed by atoms with Gasteiger partial charge in [-0.15, -0.1) is 11.6 Å². The van der Waals surface area contributed by atoms with Gasteiger partial charge < -0.3 is 4.90 Å². The van der Waals surface area contributed by atoms with Crippen LogP contribution in [0.3, 0.4) is 0 Å². The van der Waals surface area contributed by atoms with Crippen molar-refractivity contribution in [3.63, 3.8) is 0 Å². The van der Waals surface area contributed by atoms with Gasteiger partial charge in [0, 0.05) is 5.69 Å². The molecule has 0 aromatic heterocycles. The third kappa shape index (κ3) is 3.36. The zero-order chi connectivity index (χ0) is 14.5. The molecule has 0 spiro atoms. The highest BCUT2D eigenvalue weighted by Crippen LogP contribution is 2.20. The number of aryl methyl sites for hydroxylation is 1. The quantitative estimate of drug-likeness (QED) is 0.782. The van der Waals surface area contributed by atoms with Gasteiger partial charge in [0.25, 0.3) is 0 Å². The number of carbonyl (C=O) groups excluding carboxylic acids is 1. The lowest BCUT2D eigenvalue weighted by molar-refractivity contribution is -0.116. The van der Waals surface area contributed by atoms with Gasteiger partial charge in [-0.3, -0.25) is 4.79 Å². The van der Waals surface area contributed by atoms with E-state index in [1.54, 1.807) is 17.0 Å². The Hall–Kier alpha value is -1.87. The van der Waals surface area contributed by atoms with Crippen LogP contribution in [-0.2, 0) is 11.3 Å². The number of halogens is 2. The summed E-state index contributed by atoms with van der Waals surface area (Å²) < 4.78 is 13.0. The smallest absolute Gasteiger partial charge is 0.242 e. The van der Waals surface area contributed by atoms with Crippen molar-refractivity contribution in [1.29, 1.82) is 0 Å². The molecule has 0 radical (unpaired) electrons. The molecule has 20 heavy (non-hydrogen) atoms.